The lowest BCUT2D eigenvalue weighted by molar-refractivity contribution is 0.291. The summed E-state index contributed by atoms with van der Waals surface area (Å²) in [6.45, 7) is 9.57. The maximum Gasteiger partial charge on any atom is 0.0104 e. The summed E-state index contributed by atoms with van der Waals surface area (Å²) in [5.74, 6) is 0. The molecular weight excluding hydrogens is 200 g/mol. The average molecular weight is 230 g/mol. The number of piperazine rings is 1. The van der Waals surface area contributed by atoms with Crippen molar-refractivity contribution in [3.8, 4) is 0 Å². The number of nitrogens with one attached hydrogen (secondary N) is 2. The van der Waals surface area contributed by atoms with E-state index < -0.39 is 0 Å². The Morgan fingerprint density at radius 2 is 1.12 bits per heavy atom. The summed E-state index contributed by atoms with van der Waals surface area (Å²) < 4.78 is 0. The van der Waals surface area contributed by atoms with Crippen molar-refractivity contribution in [1.82, 2.24) is 20.4 Å². The minimum Gasteiger partial charge on any atom is -0.315 e. The fraction of sp³-hybridized carbons (Fsp3) is 1.00. The molecule has 0 amide bonds. The summed E-state index contributed by atoms with van der Waals surface area (Å²) in [5.41, 5.74) is 0. The highest BCUT2D eigenvalue weighted by Gasteiger charge is 2.01. The zero-order valence-corrected chi connectivity index (χ0v) is 10.3. The Bertz CT molecular complexity index is 138. The van der Waals surface area contributed by atoms with Crippen LogP contribution in [0.1, 0.15) is 13.8 Å². The van der Waals surface area contributed by atoms with Crippen LogP contribution in [0.2, 0.25) is 0 Å². The molecule has 0 bridgehead atoms. The van der Waals surface area contributed by atoms with Crippen molar-refractivity contribution in [3.05, 3.63) is 0 Å². The van der Waals surface area contributed by atoms with Crippen molar-refractivity contribution < 1.29 is 0 Å². The molecule has 2 saturated heterocycles. The first kappa shape index (κ1) is 15.8. The van der Waals surface area contributed by atoms with Gasteiger partial charge in [0.05, 0.1) is 0 Å². The molecule has 2 aliphatic rings. The van der Waals surface area contributed by atoms with E-state index in [0.717, 1.165) is 19.6 Å². The minimum absolute atomic E-state index is 0. The van der Waals surface area contributed by atoms with E-state index >= 15 is 0 Å². The molecule has 0 aromatic carbocycles. The van der Waals surface area contributed by atoms with Gasteiger partial charge in [0.1, 0.15) is 0 Å². The van der Waals surface area contributed by atoms with Gasteiger partial charge in [0, 0.05) is 39.3 Å². The Morgan fingerprint density at radius 1 is 0.688 bits per heavy atom. The summed E-state index contributed by atoms with van der Waals surface area (Å²) in [6.07, 6.45) is 1.30. The van der Waals surface area contributed by atoms with Crippen LogP contribution in [0.4, 0.5) is 0 Å². The minimum atomic E-state index is 0. The summed E-state index contributed by atoms with van der Waals surface area (Å²) in [7, 11) is 4.33. The molecular formula is C12H30N4. The molecule has 0 spiro atoms. The molecule has 0 aliphatic carbocycles. The zero-order chi connectivity index (χ0) is 10.9. The van der Waals surface area contributed by atoms with Crippen LogP contribution in [0.15, 0.2) is 0 Å². The van der Waals surface area contributed by atoms with Crippen molar-refractivity contribution in [2.24, 2.45) is 0 Å². The molecule has 0 aromatic heterocycles. The Hall–Kier alpha value is -0.160. The highest BCUT2D eigenvalue weighted by atomic mass is 15.2. The monoisotopic (exact) mass is 230 g/mol. The molecule has 0 atom stereocenters. The van der Waals surface area contributed by atoms with Crippen LogP contribution in [0.5, 0.6) is 0 Å². The maximum absolute atomic E-state index is 3.34. The Balaban J connectivity index is 0.000000267. The molecule has 0 radical (unpaired) electrons. The van der Waals surface area contributed by atoms with Gasteiger partial charge < -0.3 is 20.4 Å². The van der Waals surface area contributed by atoms with Crippen LogP contribution in [0.25, 0.3) is 0 Å². The second-order valence-corrected chi connectivity index (χ2v) is 4.46. The maximum atomic E-state index is 3.34. The van der Waals surface area contributed by atoms with Crippen molar-refractivity contribution in [3.63, 3.8) is 0 Å². The SMILES string of the molecule is C.CN1CCCNCC1.CN1CCNCC1. The first-order chi connectivity index (χ1) is 7.29. The highest BCUT2D eigenvalue weighted by Crippen LogP contribution is 1.88. The van der Waals surface area contributed by atoms with Gasteiger partial charge in [-0.15, -0.1) is 0 Å². The van der Waals surface area contributed by atoms with E-state index in [1.54, 1.807) is 0 Å². The molecule has 16 heavy (non-hydrogen) atoms. The van der Waals surface area contributed by atoms with Gasteiger partial charge in [-0.1, -0.05) is 7.43 Å². The van der Waals surface area contributed by atoms with E-state index in [1.807, 2.05) is 0 Å². The summed E-state index contributed by atoms with van der Waals surface area (Å²) in [5, 5.41) is 6.61. The van der Waals surface area contributed by atoms with Crippen molar-refractivity contribution in [2.75, 3.05) is 66.5 Å². The first-order valence-corrected chi connectivity index (χ1v) is 6.07. The van der Waals surface area contributed by atoms with Gasteiger partial charge in [-0.3, -0.25) is 0 Å². The smallest absolute Gasteiger partial charge is 0.0104 e. The van der Waals surface area contributed by atoms with Gasteiger partial charge in [-0.2, -0.15) is 0 Å². The molecule has 4 nitrogen and oxygen atoms in total. The first-order valence-electron chi connectivity index (χ1n) is 6.07. The van der Waals surface area contributed by atoms with Gasteiger partial charge in [0.25, 0.3) is 0 Å². The van der Waals surface area contributed by atoms with Crippen molar-refractivity contribution >= 4 is 0 Å². The number of likely N-dealkylation sites (N-methyl/N-ethyl adjacent to an activating group) is 2. The molecule has 4 heteroatoms. The number of hydrogen-bond acceptors (Lipinski definition) is 4. The number of rotatable bonds is 0. The molecule has 98 valence electrons. The van der Waals surface area contributed by atoms with Gasteiger partial charge in [0.2, 0.25) is 0 Å². The number of hydrogen-bond donors (Lipinski definition) is 2. The van der Waals surface area contributed by atoms with Crippen LogP contribution in [-0.2, 0) is 0 Å². The quantitative estimate of drug-likeness (QED) is 0.616. The standard InChI is InChI=1S/C6H14N2.C5H12N2.CH4/c1-8-5-2-3-7-4-6-8;1-7-4-2-6-3-5-7;/h7H,2-6H2,1H3;6H,2-5H2,1H3;1H4. The van der Waals surface area contributed by atoms with E-state index in [2.05, 4.69) is 34.5 Å². The molecule has 2 N–H and O–H groups in total. The lowest BCUT2D eigenvalue weighted by Gasteiger charge is -2.21. The van der Waals surface area contributed by atoms with E-state index in [4.69, 9.17) is 0 Å². The molecule has 0 unspecified atom stereocenters. The molecule has 0 saturated carbocycles. The third kappa shape index (κ3) is 8.05. The van der Waals surface area contributed by atoms with E-state index in [9.17, 15) is 0 Å². The second-order valence-electron chi connectivity index (χ2n) is 4.46. The van der Waals surface area contributed by atoms with E-state index in [0.29, 0.717) is 0 Å². The summed E-state index contributed by atoms with van der Waals surface area (Å²) >= 11 is 0. The Kier molecular flexibility index (Phi) is 9.92. The molecule has 2 rings (SSSR count). The zero-order valence-electron chi connectivity index (χ0n) is 10.3. The predicted molar refractivity (Wildman–Crippen MR) is 72.1 cm³/mol. The van der Waals surface area contributed by atoms with E-state index in [1.165, 1.54) is 39.1 Å². The Morgan fingerprint density at radius 3 is 1.62 bits per heavy atom. The van der Waals surface area contributed by atoms with Crippen LogP contribution in [0, 0.1) is 0 Å². The fourth-order valence-corrected chi connectivity index (χ4v) is 1.76. The molecule has 2 fully saturated rings. The highest BCUT2D eigenvalue weighted by molar-refractivity contribution is 4.62. The molecule has 0 aromatic rings. The summed E-state index contributed by atoms with van der Waals surface area (Å²) in [4.78, 5) is 4.69. The van der Waals surface area contributed by atoms with Crippen LogP contribution in [0.3, 0.4) is 0 Å². The lowest BCUT2D eigenvalue weighted by atomic mass is 10.4. The van der Waals surface area contributed by atoms with Gasteiger partial charge >= 0.3 is 0 Å². The van der Waals surface area contributed by atoms with Crippen LogP contribution in [-0.4, -0.2) is 76.3 Å². The van der Waals surface area contributed by atoms with Crippen LogP contribution >= 0.6 is 0 Å². The second kappa shape index (κ2) is 10.0. The Labute approximate surface area is 101 Å². The number of nitrogens with zero attached hydrogens (tertiary/aromatic N) is 2. The normalized spacial score (nSPS) is 23.6. The topological polar surface area (TPSA) is 30.5 Å². The fourth-order valence-electron chi connectivity index (χ4n) is 1.76. The largest absolute Gasteiger partial charge is 0.315 e. The molecule has 2 heterocycles. The lowest BCUT2D eigenvalue weighted by Crippen LogP contribution is -2.40. The third-order valence-electron chi connectivity index (χ3n) is 2.90. The summed E-state index contributed by atoms with van der Waals surface area (Å²) in [6, 6.07) is 0. The van der Waals surface area contributed by atoms with E-state index in [-0.39, 0.29) is 7.43 Å². The molecule has 2 aliphatic heterocycles. The van der Waals surface area contributed by atoms with Gasteiger partial charge in [-0.05, 0) is 33.6 Å². The van der Waals surface area contributed by atoms with Crippen molar-refractivity contribution in [1.29, 1.82) is 0 Å². The average Bonchev–Trinajstić information content (AvgIpc) is 2.48. The van der Waals surface area contributed by atoms with Gasteiger partial charge in [-0.25, -0.2) is 0 Å². The van der Waals surface area contributed by atoms with Crippen molar-refractivity contribution in [2.45, 2.75) is 13.8 Å². The third-order valence-corrected chi connectivity index (χ3v) is 2.90. The van der Waals surface area contributed by atoms with Gasteiger partial charge in [0.15, 0.2) is 0 Å². The van der Waals surface area contributed by atoms with Crippen LogP contribution < -0.4 is 10.6 Å². The predicted octanol–water partition coefficient (Wildman–Crippen LogP) is 0.0690.